The van der Waals surface area contributed by atoms with E-state index in [1.807, 2.05) is 23.9 Å². The Morgan fingerprint density at radius 3 is 2.87 bits per heavy atom. The van der Waals surface area contributed by atoms with E-state index in [-0.39, 0.29) is 0 Å². The summed E-state index contributed by atoms with van der Waals surface area (Å²) in [5.41, 5.74) is 0.943. The number of anilines is 1. The van der Waals surface area contributed by atoms with Gasteiger partial charge in [-0.25, -0.2) is 4.98 Å². The molecule has 0 aliphatic carbocycles. The predicted molar refractivity (Wildman–Crippen MR) is 64.4 cm³/mol. The van der Waals surface area contributed by atoms with Gasteiger partial charge in [0.25, 0.3) is 0 Å². The highest BCUT2D eigenvalue weighted by Gasteiger charge is 2.13. The number of nitrogens with zero attached hydrogens (tertiary/aromatic N) is 2. The maximum absolute atomic E-state index is 9.50. The molecule has 3 nitrogen and oxygen atoms in total. The van der Waals surface area contributed by atoms with Crippen LogP contribution in [0.15, 0.2) is 18.3 Å². The molecule has 4 heteroatoms. The summed E-state index contributed by atoms with van der Waals surface area (Å²) < 4.78 is 0. The number of pyridine rings is 1. The number of aromatic nitrogens is 1. The summed E-state index contributed by atoms with van der Waals surface area (Å²) in [5, 5.41) is 9.50. The zero-order chi connectivity index (χ0) is 10.7. The minimum absolute atomic E-state index is 0.411. The average molecular weight is 224 g/mol. The van der Waals surface area contributed by atoms with Crippen LogP contribution in [0.3, 0.4) is 0 Å². The first-order valence-corrected chi connectivity index (χ1v) is 6.39. The first kappa shape index (κ1) is 10.8. The molecule has 1 N–H and O–H groups in total. The Balaban J connectivity index is 2.16. The molecule has 0 aromatic carbocycles. The summed E-state index contributed by atoms with van der Waals surface area (Å²) in [6.07, 6.45) is 1.37. The molecule has 1 aliphatic heterocycles. The molecule has 0 saturated carbocycles. The monoisotopic (exact) mass is 224 g/mol. The van der Waals surface area contributed by atoms with Gasteiger partial charge in [0.05, 0.1) is 6.10 Å². The summed E-state index contributed by atoms with van der Waals surface area (Å²) in [6.45, 7) is 3.90. The van der Waals surface area contributed by atoms with E-state index in [4.69, 9.17) is 0 Å². The fraction of sp³-hybridized carbons (Fsp3) is 0.545. The van der Waals surface area contributed by atoms with Gasteiger partial charge in [0.1, 0.15) is 5.82 Å². The van der Waals surface area contributed by atoms with Crippen LogP contribution in [0.1, 0.15) is 18.6 Å². The van der Waals surface area contributed by atoms with Gasteiger partial charge < -0.3 is 10.0 Å². The molecule has 82 valence electrons. The molecule has 0 bridgehead atoms. The Kier molecular flexibility index (Phi) is 3.49. The summed E-state index contributed by atoms with van der Waals surface area (Å²) in [6, 6.07) is 3.85. The molecule has 2 rings (SSSR count). The second-order valence-corrected chi connectivity index (χ2v) is 4.95. The van der Waals surface area contributed by atoms with E-state index < -0.39 is 6.10 Å². The standard InChI is InChI=1S/C11H16N2OS/c1-9(14)10-2-3-12-11(8-10)13-4-6-15-7-5-13/h2-3,8-9,14H,4-7H2,1H3. The number of rotatable bonds is 2. The van der Waals surface area contributed by atoms with Crippen LogP contribution in [-0.2, 0) is 0 Å². The first-order chi connectivity index (χ1) is 7.27. The van der Waals surface area contributed by atoms with Gasteiger partial charge in [0, 0.05) is 30.8 Å². The average Bonchev–Trinajstić information content (AvgIpc) is 2.30. The molecule has 1 atom stereocenters. The third-order valence-electron chi connectivity index (χ3n) is 2.59. The van der Waals surface area contributed by atoms with Crippen LogP contribution in [0.5, 0.6) is 0 Å². The number of aliphatic hydroxyl groups is 1. The van der Waals surface area contributed by atoms with E-state index in [1.54, 1.807) is 13.1 Å². The maximum Gasteiger partial charge on any atom is 0.128 e. The SMILES string of the molecule is CC(O)c1ccnc(N2CCSCC2)c1. The number of hydrogen-bond acceptors (Lipinski definition) is 4. The van der Waals surface area contributed by atoms with Crippen LogP contribution >= 0.6 is 11.8 Å². The van der Waals surface area contributed by atoms with Crippen LogP contribution < -0.4 is 4.90 Å². The number of thioether (sulfide) groups is 1. The van der Waals surface area contributed by atoms with Gasteiger partial charge in [-0.1, -0.05) is 0 Å². The van der Waals surface area contributed by atoms with Crippen molar-refractivity contribution >= 4 is 17.6 Å². The van der Waals surface area contributed by atoms with Crippen molar-refractivity contribution in [1.29, 1.82) is 0 Å². The topological polar surface area (TPSA) is 36.4 Å². The predicted octanol–water partition coefficient (Wildman–Crippen LogP) is 1.69. The number of aliphatic hydroxyl groups excluding tert-OH is 1. The molecule has 0 radical (unpaired) electrons. The van der Waals surface area contributed by atoms with Crippen molar-refractivity contribution in [3.8, 4) is 0 Å². The largest absolute Gasteiger partial charge is 0.389 e. The lowest BCUT2D eigenvalue weighted by atomic mass is 10.1. The van der Waals surface area contributed by atoms with Gasteiger partial charge >= 0.3 is 0 Å². The first-order valence-electron chi connectivity index (χ1n) is 5.24. The van der Waals surface area contributed by atoms with Gasteiger partial charge in [-0.2, -0.15) is 11.8 Å². The lowest BCUT2D eigenvalue weighted by Crippen LogP contribution is -2.33. The fourth-order valence-corrected chi connectivity index (χ4v) is 2.56. The Labute approximate surface area is 94.5 Å². The zero-order valence-corrected chi connectivity index (χ0v) is 9.70. The maximum atomic E-state index is 9.50. The molecule has 1 aromatic heterocycles. The third kappa shape index (κ3) is 2.63. The Hall–Kier alpha value is -0.740. The van der Waals surface area contributed by atoms with Crippen LogP contribution in [0.4, 0.5) is 5.82 Å². The van der Waals surface area contributed by atoms with Crippen molar-refractivity contribution in [1.82, 2.24) is 4.98 Å². The van der Waals surface area contributed by atoms with E-state index in [0.717, 1.165) is 24.5 Å². The Morgan fingerprint density at radius 1 is 1.47 bits per heavy atom. The van der Waals surface area contributed by atoms with E-state index in [9.17, 15) is 5.11 Å². The van der Waals surface area contributed by atoms with Gasteiger partial charge in [0.15, 0.2) is 0 Å². The van der Waals surface area contributed by atoms with Gasteiger partial charge in [0.2, 0.25) is 0 Å². The normalized spacial score (nSPS) is 18.9. The molecule has 1 saturated heterocycles. The zero-order valence-electron chi connectivity index (χ0n) is 8.89. The summed E-state index contributed by atoms with van der Waals surface area (Å²) in [5.74, 6) is 3.33. The summed E-state index contributed by atoms with van der Waals surface area (Å²) in [7, 11) is 0. The smallest absolute Gasteiger partial charge is 0.128 e. The number of hydrogen-bond donors (Lipinski definition) is 1. The van der Waals surface area contributed by atoms with Crippen molar-refractivity contribution in [3.05, 3.63) is 23.9 Å². The summed E-state index contributed by atoms with van der Waals surface area (Å²) >= 11 is 1.98. The molecule has 0 amide bonds. The molecular formula is C11H16N2OS. The third-order valence-corrected chi connectivity index (χ3v) is 3.53. The Bertz CT molecular complexity index is 324. The highest BCUT2D eigenvalue weighted by atomic mass is 32.2. The second kappa shape index (κ2) is 4.86. The summed E-state index contributed by atoms with van der Waals surface area (Å²) in [4.78, 5) is 6.63. The van der Waals surface area contributed by atoms with Crippen molar-refractivity contribution < 1.29 is 5.11 Å². The van der Waals surface area contributed by atoms with Crippen molar-refractivity contribution in [2.24, 2.45) is 0 Å². The van der Waals surface area contributed by atoms with E-state index in [0.29, 0.717) is 0 Å². The molecule has 0 spiro atoms. The van der Waals surface area contributed by atoms with Crippen molar-refractivity contribution in [2.45, 2.75) is 13.0 Å². The molecule has 2 heterocycles. The van der Waals surface area contributed by atoms with Gasteiger partial charge in [-0.05, 0) is 24.6 Å². The van der Waals surface area contributed by atoms with Crippen molar-refractivity contribution in [3.63, 3.8) is 0 Å². The van der Waals surface area contributed by atoms with Crippen LogP contribution in [0, 0.1) is 0 Å². The highest BCUT2D eigenvalue weighted by molar-refractivity contribution is 7.99. The fourth-order valence-electron chi connectivity index (χ4n) is 1.66. The van der Waals surface area contributed by atoms with E-state index in [2.05, 4.69) is 9.88 Å². The van der Waals surface area contributed by atoms with Gasteiger partial charge in [-0.15, -0.1) is 0 Å². The minimum Gasteiger partial charge on any atom is -0.389 e. The minimum atomic E-state index is -0.411. The van der Waals surface area contributed by atoms with Crippen molar-refractivity contribution in [2.75, 3.05) is 29.5 Å². The molecule has 1 aromatic rings. The molecule has 1 fully saturated rings. The van der Waals surface area contributed by atoms with Crippen LogP contribution in [-0.4, -0.2) is 34.7 Å². The molecule has 15 heavy (non-hydrogen) atoms. The molecule has 1 unspecified atom stereocenters. The quantitative estimate of drug-likeness (QED) is 0.829. The molecule has 1 aliphatic rings. The molecular weight excluding hydrogens is 208 g/mol. The lowest BCUT2D eigenvalue weighted by Gasteiger charge is -2.27. The highest BCUT2D eigenvalue weighted by Crippen LogP contribution is 2.20. The lowest BCUT2D eigenvalue weighted by molar-refractivity contribution is 0.199. The second-order valence-electron chi connectivity index (χ2n) is 3.72. The van der Waals surface area contributed by atoms with Gasteiger partial charge in [-0.3, -0.25) is 0 Å². The van der Waals surface area contributed by atoms with E-state index in [1.165, 1.54) is 11.5 Å². The van der Waals surface area contributed by atoms with E-state index >= 15 is 0 Å². The Morgan fingerprint density at radius 2 is 2.20 bits per heavy atom. The van der Waals surface area contributed by atoms with Crippen LogP contribution in [0.25, 0.3) is 0 Å². The van der Waals surface area contributed by atoms with Crippen LogP contribution in [0.2, 0.25) is 0 Å².